The fourth-order valence-corrected chi connectivity index (χ4v) is 3.33. The molecule has 2 heteroatoms. The second-order valence-corrected chi connectivity index (χ2v) is 7.06. The normalized spacial score (nSPS) is 17.9. The summed E-state index contributed by atoms with van der Waals surface area (Å²) in [5.41, 5.74) is 2.50. The van der Waals surface area contributed by atoms with Crippen LogP contribution in [-0.4, -0.2) is 7.11 Å². The first-order chi connectivity index (χ1) is 10.6. The molecule has 0 radical (unpaired) electrons. The van der Waals surface area contributed by atoms with Crippen molar-refractivity contribution in [1.82, 2.24) is 0 Å². The SMILES string of the molecule is COC(=CC(C)(c1ccc(Br)cc1)C1CC1)c1ccccc1. The Kier molecular flexibility index (Phi) is 4.39. The molecule has 2 aromatic rings. The molecule has 1 fully saturated rings. The first-order valence-corrected chi connectivity index (χ1v) is 8.51. The Morgan fingerprint density at radius 3 is 2.27 bits per heavy atom. The molecule has 1 aliphatic rings. The van der Waals surface area contributed by atoms with Gasteiger partial charge in [0, 0.05) is 15.5 Å². The molecule has 0 spiro atoms. The van der Waals surface area contributed by atoms with Gasteiger partial charge in [0.05, 0.1) is 7.11 Å². The predicted molar refractivity (Wildman–Crippen MR) is 95.6 cm³/mol. The summed E-state index contributed by atoms with van der Waals surface area (Å²) in [4.78, 5) is 0. The standard InChI is InChI=1S/C20H21BrO/c1-20(16-8-9-16,17-10-12-18(21)13-11-17)14-19(22-2)15-6-4-3-5-7-15/h3-7,10-14,16H,8-9H2,1-2H3. The highest BCUT2D eigenvalue weighted by atomic mass is 79.9. The van der Waals surface area contributed by atoms with Gasteiger partial charge in [-0.25, -0.2) is 0 Å². The van der Waals surface area contributed by atoms with Crippen molar-refractivity contribution in [3.05, 3.63) is 76.3 Å². The van der Waals surface area contributed by atoms with Gasteiger partial charge in [-0.15, -0.1) is 0 Å². The fraction of sp³-hybridized carbons (Fsp3) is 0.300. The van der Waals surface area contributed by atoms with Crippen LogP contribution in [0.25, 0.3) is 5.76 Å². The second kappa shape index (κ2) is 6.29. The van der Waals surface area contributed by atoms with E-state index in [1.807, 2.05) is 6.07 Å². The lowest BCUT2D eigenvalue weighted by molar-refractivity contribution is 0.361. The Labute approximate surface area is 141 Å². The van der Waals surface area contributed by atoms with Crippen LogP contribution < -0.4 is 0 Å². The molecule has 1 unspecified atom stereocenters. The number of hydrogen-bond donors (Lipinski definition) is 0. The monoisotopic (exact) mass is 356 g/mol. The van der Waals surface area contributed by atoms with E-state index in [0.717, 1.165) is 15.8 Å². The zero-order valence-corrected chi connectivity index (χ0v) is 14.6. The van der Waals surface area contributed by atoms with E-state index in [4.69, 9.17) is 4.74 Å². The molecule has 0 aromatic heterocycles. The molecule has 0 heterocycles. The van der Waals surface area contributed by atoms with Crippen LogP contribution in [0.4, 0.5) is 0 Å². The third-order valence-electron chi connectivity index (χ3n) is 4.60. The number of allylic oxidation sites excluding steroid dienone is 1. The van der Waals surface area contributed by atoms with E-state index < -0.39 is 0 Å². The van der Waals surface area contributed by atoms with Crippen LogP contribution >= 0.6 is 15.9 Å². The van der Waals surface area contributed by atoms with Gasteiger partial charge in [-0.1, -0.05) is 65.3 Å². The van der Waals surface area contributed by atoms with Gasteiger partial charge in [-0.05, 0) is 42.5 Å². The molecule has 0 saturated heterocycles. The summed E-state index contributed by atoms with van der Waals surface area (Å²) in [6, 6.07) is 19.0. The van der Waals surface area contributed by atoms with Crippen molar-refractivity contribution in [2.45, 2.75) is 25.2 Å². The van der Waals surface area contributed by atoms with Gasteiger partial charge in [0.1, 0.15) is 5.76 Å². The topological polar surface area (TPSA) is 9.23 Å². The second-order valence-electron chi connectivity index (χ2n) is 6.14. The number of methoxy groups -OCH3 is 1. The Balaban J connectivity index is 2.03. The maximum Gasteiger partial charge on any atom is 0.122 e. The van der Waals surface area contributed by atoms with Crippen molar-refractivity contribution in [2.24, 2.45) is 5.92 Å². The largest absolute Gasteiger partial charge is 0.496 e. The minimum atomic E-state index is 0.0158. The summed E-state index contributed by atoms with van der Waals surface area (Å²) in [6.07, 6.45) is 4.88. The first-order valence-electron chi connectivity index (χ1n) is 7.72. The van der Waals surface area contributed by atoms with Crippen LogP contribution in [0.5, 0.6) is 0 Å². The van der Waals surface area contributed by atoms with Crippen molar-refractivity contribution < 1.29 is 4.74 Å². The summed E-state index contributed by atoms with van der Waals surface area (Å²) < 4.78 is 6.83. The molecule has 1 atom stereocenters. The molecule has 2 aromatic carbocycles. The van der Waals surface area contributed by atoms with Crippen molar-refractivity contribution in [1.29, 1.82) is 0 Å². The Bertz CT molecular complexity index is 656. The molecule has 1 saturated carbocycles. The van der Waals surface area contributed by atoms with Crippen LogP contribution in [-0.2, 0) is 10.2 Å². The van der Waals surface area contributed by atoms with Crippen LogP contribution in [0, 0.1) is 5.92 Å². The minimum absolute atomic E-state index is 0.0158. The number of hydrogen-bond acceptors (Lipinski definition) is 1. The lowest BCUT2D eigenvalue weighted by atomic mass is 9.77. The van der Waals surface area contributed by atoms with Gasteiger partial charge >= 0.3 is 0 Å². The highest BCUT2D eigenvalue weighted by Gasteiger charge is 2.41. The van der Waals surface area contributed by atoms with E-state index in [-0.39, 0.29) is 5.41 Å². The van der Waals surface area contributed by atoms with Crippen molar-refractivity contribution in [3.63, 3.8) is 0 Å². The van der Waals surface area contributed by atoms with Crippen LogP contribution in [0.3, 0.4) is 0 Å². The highest BCUT2D eigenvalue weighted by molar-refractivity contribution is 9.10. The molecule has 0 N–H and O–H groups in total. The molecule has 1 nitrogen and oxygen atoms in total. The molecule has 1 aliphatic carbocycles. The van der Waals surface area contributed by atoms with Gasteiger partial charge < -0.3 is 4.74 Å². The van der Waals surface area contributed by atoms with Crippen LogP contribution in [0.2, 0.25) is 0 Å². The predicted octanol–water partition coefficient (Wildman–Crippen LogP) is 5.80. The third-order valence-corrected chi connectivity index (χ3v) is 5.13. The Hall–Kier alpha value is -1.54. The lowest BCUT2D eigenvalue weighted by Gasteiger charge is -2.28. The lowest BCUT2D eigenvalue weighted by Crippen LogP contribution is -2.22. The van der Waals surface area contributed by atoms with Crippen molar-refractivity contribution >= 4 is 21.7 Å². The van der Waals surface area contributed by atoms with Gasteiger partial charge in [0.2, 0.25) is 0 Å². The van der Waals surface area contributed by atoms with Gasteiger partial charge in [-0.2, -0.15) is 0 Å². The zero-order chi connectivity index (χ0) is 15.6. The Morgan fingerprint density at radius 1 is 1.09 bits per heavy atom. The molecular formula is C20H21BrO. The molecule has 0 bridgehead atoms. The summed E-state index contributed by atoms with van der Waals surface area (Å²) in [5.74, 6) is 1.65. The van der Waals surface area contributed by atoms with E-state index in [2.05, 4.69) is 77.5 Å². The molecule has 22 heavy (non-hydrogen) atoms. The zero-order valence-electron chi connectivity index (χ0n) is 13.1. The molecule has 0 aliphatic heterocycles. The number of halogens is 1. The van der Waals surface area contributed by atoms with Crippen LogP contribution in [0.1, 0.15) is 30.9 Å². The number of benzene rings is 2. The van der Waals surface area contributed by atoms with Gasteiger partial charge in [0.15, 0.2) is 0 Å². The molecule has 114 valence electrons. The summed E-state index contributed by atoms with van der Waals surface area (Å²) in [6.45, 7) is 2.33. The fourth-order valence-electron chi connectivity index (χ4n) is 3.06. The number of rotatable bonds is 5. The van der Waals surface area contributed by atoms with Crippen molar-refractivity contribution in [2.75, 3.05) is 7.11 Å². The average Bonchev–Trinajstić information content (AvgIpc) is 3.39. The quantitative estimate of drug-likeness (QED) is 0.614. The molecule has 3 rings (SSSR count). The smallest absolute Gasteiger partial charge is 0.122 e. The minimum Gasteiger partial charge on any atom is -0.496 e. The van der Waals surface area contributed by atoms with E-state index in [1.165, 1.54) is 18.4 Å². The highest BCUT2D eigenvalue weighted by Crippen LogP contribution is 2.49. The molecular weight excluding hydrogens is 336 g/mol. The summed E-state index contributed by atoms with van der Waals surface area (Å²) in [7, 11) is 1.76. The van der Waals surface area contributed by atoms with E-state index >= 15 is 0 Å². The average molecular weight is 357 g/mol. The van der Waals surface area contributed by atoms with Gasteiger partial charge in [0.25, 0.3) is 0 Å². The summed E-state index contributed by atoms with van der Waals surface area (Å²) in [5, 5.41) is 0. The number of ether oxygens (including phenoxy) is 1. The third kappa shape index (κ3) is 3.12. The molecule has 0 amide bonds. The first kappa shape index (κ1) is 15.4. The van der Waals surface area contributed by atoms with E-state index in [9.17, 15) is 0 Å². The van der Waals surface area contributed by atoms with Crippen molar-refractivity contribution in [3.8, 4) is 0 Å². The Morgan fingerprint density at radius 2 is 1.73 bits per heavy atom. The van der Waals surface area contributed by atoms with Crippen LogP contribution in [0.15, 0.2) is 65.1 Å². The van der Waals surface area contributed by atoms with E-state index in [0.29, 0.717) is 5.92 Å². The maximum absolute atomic E-state index is 5.71. The maximum atomic E-state index is 5.71. The summed E-state index contributed by atoms with van der Waals surface area (Å²) >= 11 is 3.53. The van der Waals surface area contributed by atoms with E-state index in [1.54, 1.807) is 7.11 Å². The van der Waals surface area contributed by atoms with Gasteiger partial charge in [-0.3, -0.25) is 0 Å².